The molecule has 0 saturated heterocycles. The first-order chi connectivity index (χ1) is 12.5. The molecule has 0 radical (unpaired) electrons. The van der Waals surface area contributed by atoms with Gasteiger partial charge in [0.15, 0.2) is 5.65 Å². The van der Waals surface area contributed by atoms with Gasteiger partial charge in [-0.2, -0.15) is 5.10 Å². The smallest absolute Gasteiger partial charge is 0.158 e. The van der Waals surface area contributed by atoms with E-state index in [4.69, 9.17) is 0 Å². The third kappa shape index (κ3) is 2.88. The van der Waals surface area contributed by atoms with Gasteiger partial charge >= 0.3 is 0 Å². The Morgan fingerprint density at radius 3 is 2.58 bits per heavy atom. The Kier molecular flexibility index (Phi) is 3.84. The van der Waals surface area contributed by atoms with Gasteiger partial charge in [0, 0.05) is 22.6 Å². The molecule has 4 aromatic rings. The topological polar surface area (TPSA) is 50.9 Å². The molecule has 26 heavy (non-hydrogen) atoms. The van der Waals surface area contributed by atoms with Gasteiger partial charge in [-0.05, 0) is 24.3 Å². The van der Waals surface area contributed by atoms with Crippen LogP contribution in [0, 0.1) is 17.5 Å². The van der Waals surface area contributed by atoms with Crippen LogP contribution in [0.25, 0.3) is 22.3 Å². The Balaban J connectivity index is 1.88. The summed E-state index contributed by atoms with van der Waals surface area (Å²) in [6, 6.07) is 10.9. The van der Waals surface area contributed by atoms with Crippen molar-refractivity contribution in [3.05, 3.63) is 77.7 Å². The van der Waals surface area contributed by atoms with Crippen molar-refractivity contribution in [1.82, 2.24) is 14.8 Å². The Hall–Kier alpha value is -3.35. The fourth-order valence-corrected chi connectivity index (χ4v) is 2.82. The number of hydrogen-bond donors (Lipinski definition) is 1. The minimum atomic E-state index is -0.699. The van der Waals surface area contributed by atoms with Gasteiger partial charge in [-0.1, -0.05) is 18.2 Å². The van der Waals surface area contributed by atoms with E-state index in [9.17, 15) is 18.3 Å². The standard InChI is InChI=1S/C19H12F3N3O/c20-13-5-4-12(17(22)8-13)10-25-19-16(7-14(21)9-23-19)18(24-25)11-2-1-3-15(26)6-11/h1-9,26H,10H2. The van der Waals surface area contributed by atoms with Crippen LogP contribution in [0.1, 0.15) is 5.56 Å². The van der Waals surface area contributed by atoms with Crippen molar-refractivity contribution in [2.45, 2.75) is 6.54 Å². The number of nitrogens with zero attached hydrogens (tertiary/aromatic N) is 3. The lowest BCUT2D eigenvalue weighted by atomic mass is 10.1. The number of halogens is 3. The van der Waals surface area contributed by atoms with Gasteiger partial charge in [0.2, 0.25) is 0 Å². The summed E-state index contributed by atoms with van der Waals surface area (Å²) >= 11 is 0. The number of aromatic nitrogens is 3. The normalized spacial score (nSPS) is 11.2. The molecule has 0 bridgehead atoms. The number of fused-ring (bicyclic) bond motifs is 1. The van der Waals surface area contributed by atoms with Gasteiger partial charge in [-0.3, -0.25) is 0 Å². The van der Waals surface area contributed by atoms with Crippen molar-refractivity contribution in [1.29, 1.82) is 0 Å². The highest BCUT2D eigenvalue weighted by Gasteiger charge is 2.16. The molecule has 130 valence electrons. The number of phenols is 1. The van der Waals surface area contributed by atoms with E-state index in [0.717, 1.165) is 18.3 Å². The summed E-state index contributed by atoms with van der Waals surface area (Å²) in [6.45, 7) is 0.0000609. The third-order valence-electron chi connectivity index (χ3n) is 4.01. The van der Waals surface area contributed by atoms with Gasteiger partial charge in [0.05, 0.1) is 12.7 Å². The molecule has 0 atom stereocenters. The predicted molar refractivity (Wildman–Crippen MR) is 90.0 cm³/mol. The maximum absolute atomic E-state index is 14.0. The lowest BCUT2D eigenvalue weighted by Crippen LogP contribution is -2.05. The average molecular weight is 355 g/mol. The molecule has 7 heteroatoms. The molecule has 1 N–H and O–H groups in total. The Bertz CT molecular complexity index is 1120. The summed E-state index contributed by atoms with van der Waals surface area (Å²) in [6.07, 6.45) is 1.05. The average Bonchev–Trinajstić information content (AvgIpc) is 2.95. The highest BCUT2D eigenvalue weighted by Crippen LogP contribution is 2.30. The summed E-state index contributed by atoms with van der Waals surface area (Å²) in [5, 5.41) is 14.5. The van der Waals surface area contributed by atoms with E-state index in [0.29, 0.717) is 22.3 Å². The molecule has 2 aromatic heterocycles. The molecule has 2 heterocycles. The van der Waals surface area contributed by atoms with Crippen molar-refractivity contribution in [2.75, 3.05) is 0 Å². The molecule has 0 aliphatic carbocycles. The van der Waals surface area contributed by atoms with E-state index in [1.54, 1.807) is 12.1 Å². The van der Waals surface area contributed by atoms with Gasteiger partial charge in [-0.25, -0.2) is 22.8 Å². The van der Waals surface area contributed by atoms with E-state index in [1.807, 2.05) is 0 Å². The molecule has 0 unspecified atom stereocenters. The first-order valence-corrected chi connectivity index (χ1v) is 7.76. The second-order valence-corrected chi connectivity index (χ2v) is 5.82. The highest BCUT2D eigenvalue weighted by atomic mass is 19.1. The van der Waals surface area contributed by atoms with E-state index < -0.39 is 17.5 Å². The zero-order valence-corrected chi connectivity index (χ0v) is 13.3. The van der Waals surface area contributed by atoms with Crippen molar-refractivity contribution >= 4 is 11.0 Å². The van der Waals surface area contributed by atoms with Crippen molar-refractivity contribution < 1.29 is 18.3 Å². The maximum Gasteiger partial charge on any atom is 0.158 e. The quantitative estimate of drug-likeness (QED) is 0.597. The van der Waals surface area contributed by atoms with Crippen molar-refractivity contribution in [3.63, 3.8) is 0 Å². The minimum Gasteiger partial charge on any atom is -0.508 e. The monoisotopic (exact) mass is 355 g/mol. The van der Waals surface area contributed by atoms with E-state index in [1.165, 1.54) is 28.9 Å². The van der Waals surface area contributed by atoms with E-state index >= 15 is 0 Å². The minimum absolute atomic E-state index is 0.0000609. The van der Waals surface area contributed by atoms with Gasteiger partial charge in [0.1, 0.15) is 28.9 Å². The van der Waals surface area contributed by atoms with Crippen LogP contribution in [0.15, 0.2) is 54.7 Å². The second-order valence-electron chi connectivity index (χ2n) is 5.82. The largest absolute Gasteiger partial charge is 0.508 e. The van der Waals surface area contributed by atoms with Crippen LogP contribution in [0.2, 0.25) is 0 Å². The summed E-state index contributed by atoms with van der Waals surface area (Å²) < 4.78 is 42.2. The molecule has 0 aliphatic heterocycles. The Morgan fingerprint density at radius 1 is 0.962 bits per heavy atom. The third-order valence-corrected chi connectivity index (χ3v) is 4.01. The lowest BCUT2D eigenvalue weighted by Gasteiger charge is -2.05. The molecule has 2 aromatic carbocycles. The molecule has 0 fully saturated rings. The van der Waals surface area contributed by atoms with Crippen LogP contribution in [0.3, 0.4) is 0 Å². The van der Waals surface area contributed by atoms with Gasteiger partial charge < -0.3 is 5.11 Å². The lowest BCUT2D eigenvalue weighted by molar-refractivity contribution is 0.475. The van der Waals surface area contributed by atoms with Crippen LogP contribution >= 0.6 is 0 Å². The van der Waals surface area contributed by atoms with Crippen molar-refractivity contribution in [3.8, 4) is 17.0 Å². The van der Waals surface area contributed by atoms with E-state index in [2.05, 4.69) is 10.1 Å². The molecule has 0 saturated carbocycles. The van der Waals surface area contributed by atoms with Crippen LogP contribution in [-0.2, 0) is 6.54 Å². The fraction of sp³-hybridized carbons (Fsp3) is 0.0526. The molecule has 0 spiro atoms. The van der Waals surface area contributed by atoms with E-state index in [-0.39, 0.29) is 17.9 Å². The fourth-order valence-electron chi connectivity index (χ4n) is 2.82. The van der Waals surface area contributed by atoms with Gasteiger partial charge in [0.25, 0.3) is 0 Å². The van der Waals surface area contributed by atoms with Crippen LogP contribution in [-0.4, -0.2) is 19.9 Å². The summed E-state index contributed by atoms with van der Waals surface area (Å²) in [5.41, 5.74) is 1.56. The molecule has 0 amide bonds. The highest BCUT2D eigenvalue weighted by molar-refractivity contribution is 5.91. The summed E-state index contributed by atoms with van der Waals surface area (Å²) in [4.78, 5) is 4.06. The number of benzene rings is 2. The van der Waals surface area contributed by atoms with Crippen molar-refractivity contribution in [2.24, 2.45) is 0 Å². The molecule has 4 nitrogen and oxygen atoms in total. The number of rotatable bonds is 3. The summed E-state index contributed by atoms with van der Waals surface area (Å²) in [5.74, 6) is -1.86. The first-order valence-electron chi connectivity index (χ1n) is 7.76. The number of phenolic OH excluding ortho intramolecular Hbond substituents is 1. The number of hydrogen-bond acceptors (Lipinski definition) is 3. The number of pyridine rings is 1. The van der Waals surface area contributed by atoms with Crippen LogP contribution in [0.4, 0.5) is 13.2 Å². The molecule has 0 aliphatic rings. The predicted octanol–water partition coefficient (Wildman–Crippen LogP) is 4.27. The summed E-state index contributed by atoms with van der Waals surface area (Å²) in [7, 11) is 0. The SMILES string of the molecule is Oc1cccc(-c2nn(Cc3ccc(F)cc3F)c3ncc(F)cc23)c1. The van der Waals surface area contributed by atoms with Crippen LogP contribution < -0.4 is 0 Å². The second kappa shape index (κ2) is 6.18. The maximum atomic E-state index is 14.0. The van der Waals surface area contributed by atoms with Gasteiger partial charge in [-0.15, -0.1) is 0 Å². The molecule has 4 rings (SSSR count). The zero-order valence-electron chi connectivity index (χ0n) is 13.3. The molecular weight excluding hydrogens is 343 g/mol. The Labute approximate surface area is 146 Å². The zero-order chi connectivity index (χ0) is 18.3. The first kappa shape index (κ1) is 16.1. The Morgan fingerprint density at radius 2 is 1.81 bits per heavy atom. The van der Waals surface area contributed by atoms with Crippen LogP contribution in [0.5, 0.6) is 5.75 Å². The molecular formula is C19H12F3N3O. The number of aromatic hydroxyl groups is 1.